The van der Waals surface area contributed by atoms with Gasteiger partial charge in [-0.05, 0) is 25.5 Å². The Labute approximate surface area is 78.6 Å². The quantitative estimate of drug-likeness (QED) is 0.616. The van der Waals surface area contributed by atoms with Gasteiger partial charge in [0.15, 0.2) is 0 Å². The van der Waals surface area contributed by atoms with Gasteiger partial charge in [-0.3, -0.25) is 0 Å². The SMILES string of the molecule is Cc1cccc(NC(C)CO)c1N. The second kappa shape index (κ2) is 4.14. The highest BCUT2D eigenvalue weighted by Crippen LogP contribution is 2.22. The van der Waals surface area contributed by atoms with Gasteiger partial charge in [-0.15, -0.1) is 0 Å². The summed E-state index contributed by atoms with van der Waals surface area (Å²) in [6.07, 6.45) is 0. The van der Waals surface area contributed by atoms with Gasteiger partial charge in [0.1, 0.15) is 0 Å². The molecular formula is C10H16N2O. The summed E-state index contributed by atoms with van der Waals surface area (Å²) >= 11 is 0. The molecular weight excluding hydrogens is 164 g/mol. The van der Waals surface area contributed by atoms with Gasteiger partial charge < -0.3 is 16.2 Å². The van der Waals surface area contributed by atoms with Crippen molar-refractivity contribution in [2.75, 3.05) is 17.7 Å². The summed E-state index contributed by atoms with van der Waals surface area (Å²) in [6, 6.07) is 5.85. The number of aliphatic hydroxyl groups excluding tert-OH is 1. The zero-order valence-corrected chi connectivity index (χ0v) is 8.04. The minimum Gasteiger partial charge on any atom is -0.397 e. The highest BCUT2D eigenvalue weighted by molar-refractivity contribution is 5.69. The molecule has 0 aromatic heterocycles. The van der Waals surface area contributed by atoms with Gasteiger partial charge in [0, 0.05) is 6.04 Å². The third kappa shape index (κ3) is 2.36. The Kier molecular flexibility index (Phi) is 3.14. The van der Waals surface area contributed by atoms with E-state index in [0.29, 0.717) is 0 Å². The maximum Gasteiger partial charge on any atom is 0.0630 e. The Balaban J connectivity index is 2.83. The molecule has 0 fully saturated rings. The van der Waals surface area contributed by atoms with E-state index in [1.807, 2.05) is 32.0 Å². The van der Waals surface area contributed by atoms with Crippen LogP contribution in [0, 0.1) is 6.92 Å². The number of nitrogens with one attached hydrogen (secondary N) is 1. The second-order valence-electron chi connectivity index (χ2n) is 3.26. The molecule has 3 heteroatoms. The van der Waals surface area contributed by atoms with Crippen molar-refractivity contribution >= 4 is 11.4 Å². The predicted molar refractivity (Wildman–Crippen MR) is 55.8 cm³/mol. The van der Waals surface area contributed by atoms with E-state index in [1.165, 1.54) is 0 Å². The van der Waals surface area contributed by atoms with E-state index >= 15 is 0 Å². The molecule has 1 unspecified atom stereocenters. The third-order valence-corrected chi connectivity index (χ3v) is 2.00. The molecule has 1 aromatic rings. The van der Waals surface area contributed by atoms with Gasteiger partial charge >= 0.3 is 0 Å². The maximum absolute atomic E-state index is 8.85. The molecule has 4 N–H and O–H groups in total. The van der Waals surface area contributed by atoms with Crippen LogP contribution in [-0.4, -0.2) is 17.8 Å². The molecule has 0 aliphatic heterocycles. The van der Waals surface area contributed by atoms with Crippen LogP contribution in [0.2, 0.25) is 0 Å². The van der Waals surface area contributed by atoms with E-state index in [9.17, 15) is 0 Å². The molecule has 1 atom stereocenters. The van der Waals surface area contributed by atoms with E-state index in [2.05, 4.69) is 5.32 Å². The average Bonchev–Trinajstić information content (AvgIpc) is 2.13. The van der Waals surface area contributed by atoms with Crippen LogP contribution in [-0.2, 0) is 0 Å². The zero-order chi connectivity index (χ0) is 9.84. The van der Waals surface area contributed by atoms with Crippen LogP contribution >= 0.6 is 0 Å². The van der Waals surface area contributed by atoms with Crippen LogP contribution in [0.5, 0.6) is 0 Å². The molecule has 0 aliphatic rings. The van der Waals surface area contributed by atoms with Crippen LogP contribution in [0.25, 0.3) is 0 Å². The fraction of sp³-hybridized carbons (Fsp3) is 0.400. The molecule has 0 bridgehead atoms. The van der Waals surface area contributed by atoms with Crippen molar-refractivity contribution in [2.24, 2.45) is 0 Å². The number of hydrogen-bond acceptors (Lipinski definition) is 3. The van der Waals surface area contributed by atoms with Gasteiger partial charge in [-0.1, -0.05) is 12.1 Å². The van der Waals surface area contributed by atoms with Crippen molar-refractivity contribution < 1.29 is 5.11 Å². The van der Waals surface area contributed by atoms with Crippen LogP contribution in [0.1, 0.15) is 12.5 Å². The fourth-order valence-corrected chi connectivity index (χ4v) is 1.12. The zero-order valence-electron chi connectivity index (χ0n) is 8.04. The summed E-state index contributed by atoms with van der Waals surface area (Å²) in [4.78, 5) is 0. The molecule has 3 nitrogen and oxygen atoms in total. The Morgan fingerprint density at radius 3 is 2.85 bits per heavy atom. The van der Waals surface area contributed by atoms with Crippen molar-refractivity contribution in [3.05, 3.63) is 23.8 Å². The first-order valence-corrected chi connectivity index (χ1v) is 4.37. The second-order valence-corrected chi connectivity index (χ2v) is 3.26. The van der Waals surface area contributed by atoms with Crippen LogP contribution in [0.15, 0.2) is 18.2 Å². The molecule has 72 valence electrons. The van der Waals surface area contributed by atoms with E-state index in [0.717, 1.165) is 16.9 Å². The molecule has 0 heterocycles. The summed E-state index contributed by atoms with van der Waals surface area (Å²) in [7, 11) is 0. The van der Waals surface area contributed by atoms with Crippen molar-refractivity contribution in [3.63, 3.8) is 0 Å². The Hall–Kier alpha value is -1.22. The summed E-state index contributed by atoms with van der Waals surface area (Å²) in [5.41, 5.74) is 8.54. The van der Waals surface area contributed by atoms with Gasteiger partial charge in [0.2, 0.25) is 0 Å². The fourth-order valence-electron chi connectivity index (χ4n) is 1.12. The first-order valence-electron chi connectivity index (χ1n) is 4.37. The lowest BCUT2D eigenvalue weighted by molar-refractivity contribution is 0.281. The Morgan fingerprint density at radius 2 is 2.23 bits per heavy atom. The summed E-state index contributed by atoms with van der Waals surface area (Å²) in [6.45, 7) is 3.97. The maximum atomic E-state index is 8.85. The lowest BCUT2D eigenvalue weighted by atomic mass is 10.1. The van der Waals surface area contributed by atoms with Crippen molar-refractivity contribution in [1.82, 2.24) is 0 Å². The predicted octanol–water partition coefficient (Wildman–Crippen LogP) is 1.37. The van der Waals surface area contributed by atoms with E-state index in [4.69, 9.17) is 10.8 Å². The van der Waals surface area contributed by atoms with E-state index in [1.54, 1.807) is 0 Å². The Bertz CT molecular complexity index is 286. The first kappa shape index (κ1) is 9.86. The molecule has 0 saturated carbocycles. The van der Waals surface area contributed by atoms with Crippen molar-refractivity contribution in [2.45, 2.75) is 19.9 Å². The molecule has 1 aromatic carbocycles. The normalized spacial score (nSPS) is 12.5. The molecule has 1 rings (SSSR count). The number of aryl methyl sites for hydroxylation is 1. The largest absolute Gasteiger partial charge is 0.397 e. The number of nitrogen functional groups attached to an aromatic ring is 1. The van der Waals surface area contributed by atoms with E-state index < -0.39 is 0 Å². The van der Waals surface area contributed by atoms with Crippen molar-refractivity contribution in [3.8, 4) is 0 Å². The molecule has 0 spiro atoms. The minimum atomic E-state index is 0.0316. The topological polar surface area (TPSA) is 58.3 Å². The van der Waals surface area contributed by atoms with Crippen LogP contribution in [0.4, 0.5) is 11.4 Å². The number of para-hydroxylation sites is 1. The Morgan fingerprint density at radius 1 is 1.54 bits per heavy atom. The summed E-state index contributed by atoms with van der Waals surface area (Å²) in [5, 5.41) is 12.0. The van der Waals surface area contributed by atoms with E-state index in [-0.39, 0.29) is 12.6 Å². The number of nitrogens with two attached hydrogens (primary N) is 1. The molecule has 0 aliphatic carbocycles. The number of hydrogen-bond donors (Lipinski definition) is 3. The van der Waals surface area contributed by atoms with Gasteiger partial charge in [0.25, 0.3) is 0 Å². The number of aliphatic hydroxyl groups is 1. The number of benzene rings is 1. The number of anilines is 2. The summed E-state index contributed by atoms with van der Waals surface area (Å²) in [5.74, 6) is 0. The van der Waals surface area contributed by atoms with Crippen molar-refractivity contribution in [1.29, 1.82) is 0 Å². The lowest BCUT2D eigenvalue weighted by Gasteiger charge is -2.15. The van der Waals surface area contributed by atoms with Gasteiger partial charge in [0.05, 0.1) is 18.0 Å². The summed E-state index contributed by atoms with van der Waals surface area (Å²) < 4.78 is 0. The van der Waals surface area contributed by atoms with Crippen LogP contribution in [0.3, 0.4) is 0 Å². The van der Waals surface area contributed by atoms with Gasteiger partial charge in [-0.25, -0.2) is 0 Å². The van der Waals surface area contributed by atoms with Crippen LogP contribution < -0.4 is 11.1 Å². The highest BCUT2D eigenvalue weighted by Gasteiger charge is 2.03. The third-order valence-electron chi connectivity index (χ3n) is 2.00. The number of rotatable bonds is 3. The highest BCUT2D eigenvalue weighted by atomic mass is 16.3. The first-order chi connectivity index (χ1) is 6.15. The molecule has 0 radical (unpaired) electrons. The standard InChI is InChI=1S/C10H16N2O/c1-7-4-3-5-9(10(7)11)12-8(2)6-13/h3-5,8,12-13H,6,11H2,1-2H3. The van der Waals surface area contributed by atoms with Gasteiger partial charge in [-0.2, -0.15) is 0 Å². The molecule has 13 heavy (non-hydrogen) atoms. The lowest BCUT2D eigenvalue weighted by Crippen LogP contribution is -2.20. The smallest absolute Gasteiger partial charge is 0.0630 e. The molecule has 0 amide bonds. The molecule has 0 saturated heterocycles. The monoisotopic (exact) mass is 180 g/mol. The average molecular weight is 180 g/mol. The minimum absolute atomic E-state index is 0.0316.